The third kappa shape index (κ3) is 1.65. The first kappa shape index (κ1) is 8.38. The van der Waals surface area contributed by atoms with Gasteiger partial charge in [-0.3, -0.25) is 0 Å². The lowest BCUT2D eigenvalue weighted by Gasteiger charge is -2.29. The highest BCUT2D eigenvalue weighted by molar-refractivity contribution is 5.19. The summed E-state index contributed by atoms with van der Waals surface area (Å²) < 4.78 is 0. The van der Waals surface area contributed by atoms with Crippen molar-refractivity contribution in [1.82, 2.24) is 0 Å². The van der Waals surface area contributed by atoms with E-state index in [4.69, 9.17) is 0 Å². The van der Waals surface area contributed by atoms with Crippen LogP contribution >= 0.6 is 0 Å². The summed E-state index contributed by atoms with van der Waals surface area (Å²) >= 11 is 0. The Bertz CT molecular complexity index is 185. The first-order chi connectivity index (χ1) is 5.22. The van der Waals surface area contributed by atoms with Crippen LogP contribution in [0.5, 0.6) is 0 Å². The maximum absolute atomic E-state index is 9.32. The fourth-order valence-electron chi connectivity index (χ4n) is 1.58. The van der Waals surface area contributed by atoms with Crippen LogP contribution in [0.3, 0.4) is 0 Å². The van der Waals surface area contributed by atoms with Crippen molar-refractivity contribution in [2.45, 2.75) is 33.1 Å². The van der Waals surface area contributed by atoms with Crippen molar-refractivity contribution in [2.75, 3.05) is 0 Å². The topological polar surface area (TPSA) is 20.2 Å². The van der Waals surface area contributed by atoms with Crippen LogP contribution in [0.4, 0.5) is 0 Å². The molecule has 0 atom stereocenters. The third-order valence-corrected chi connectivity index (χ3v) is 2.68. The molecule has 1 rings (SSSR count). The quantitative estimate of drug-likeness (QED) is 0.644. The Morgan fingerprint density at radius 2 is 2.09 bits per heavy atom. The molecule has 0 saturated carbocycles. The molecule has 1 heteroatoms. The van der Waals surface area contributed by atoms with Gasteiger partial charge in [0.1, 0.15) is 0 Å². The predicted octanol–water partition coefficient (Wildman–Crippen LogP) is 3.19. The zero-order valence-electron chi connectivity index (χ0n) is 7.30. The van der Waals surface area contributed by atoms with E-state index in [2.05, 4.69) is 19.9 Å². The molecule has 62 valence electrons. The van der Waals surface area contributed by atoms with E-state index in [9.17, 15) is 5.11 Å². The van der Waals surface area contributed by atoms with Gasteiger partial charge in [0, 0.05) is 6.42 Å². The number of aliphatic hydroxyl groups excluding tert-OH is 1. The van der Waals surface area contributed by atoms with Crippen LogP contribution in [0.2, 0.25) is 0 Å². The second-order valence-corrected chi connectivity index (χ2v) is 3.26. The number of hydrogen-bond donors (Lipinski definition) is 1. The molecule has 0 fully saturated rings. The lowest BCUT2D eigenvalue weighted by molar-refractivity contribution is 0.273. The summed E-state index contributed by atoms with van der Waals surface area (Å²) in [5, 5.41) is 9.32. The normalized spacial score (nSPS) is 21.5. The Morgan fingerprint density at radius 3 is 2.45 bits per heavy atom. The number of hydrogen-bond acceptors (Lipinski definition) is 1. The molecule has 0 heterocycles. The van der Waals surface area contributed by atoms with E-state index in [0.29, 0.717) is 5.76 Å². The van der Waals surface area contributed by atoms with E-state index in [0.717, 1.165) is 19.3 Å². The molecule has 0 radical (unpaired) electrons. The average molecular weight is 152 g/mol. The van der Waals surface area contributed by atoms with Gasteiger partial charge in [-0.1, -0.05) is 26.0 Å². The lowest BCUT2D eigenvalue weighted by Crippen LogP contribution is -2.18. The van der Waals surface area contributed by atoms with Crippen molar-refractivity contribution in [2.24, 2.45) is 5.41 Å². The van der Waals surface area contributed by atoms with E-state index >= 15 is 0 Å². The highest BCUT2D eigenvalue weighted by Gasteiger charge is 2.25. The minimum atomic E-state index is 0.235. The van der Waals surface area contributed by atoms with Crippen LogP contribution in [0, 0.1) is 5.41 Å². The van der Waals surface area contributed by atoms with E-state index in [1.807, 2.05) is 6.08 Å². The molecule has 0 amide bonds. The van der Waals surface area contributed by atoms with Gasteiger partial charge >= 0.3 is 0 Å². The molecule has 0 saturated heterocycles. The molecule has 0 aromatic heterocycles. The van der Waals surface area contributed by atoms with Gasteiger partial charge in [0.15, 0.2) is 0 Å². The Balaban J connectivity index is 2.75. The van der Waals surface area contributed by atoms with Crippen LogP contribution in [0.15, 0.2) is 24.0 Å². The molecule has 0 spiro atoms. The molecule has 0 aromatic rings. The van der Waals surface area contributed by atoms with Crippen LogP contribution in [-0.2, 0) is 0 Å². The largest absolute Gasteiger partial charge is 0.512 e. The minimum Gasteiger partial charge on any atom is -0.512 e. The Hall–Kier alpha value is -0.720. The standard InChI is InChI=1S/C10H16O/c1-3-10(4-2)7-5-6-9(11)8-10/h5-7,11H,3-4,8H2,1-2H3. The van der Waals surface area contributed by atoms with Crippen molar-refractivity contribution in [1.29, 1.82) is 0 Å². The van der Waals surface area contributed by atoms with Gasteiger partial charge in [0.05, 0.1) is 5.76 Å². The zero-order chi connectivity index (χ0) is 8.32. The summed E-state index contributed by atoms with van der Waals surface area (Å²) in [5.41, 5.74) is 0.235. The third-order valence-electron chi connectivity index (χ3n) is 2.68. The summed E-state index contributed by atoms with van der Waals surface area (Å²) in [6.45, 7) is 4.35. The van der Waals surface area contributed by atoms with E-state index in [-0.39, 0.29) is 5.41 Å². The molecule has 1 N–H and O–H groups in total. The number of aliphatic hydroxyl groups is 1. The Kier molecular flexibility index (Phi) is 2.38. The second kappa shape index (κ2) is 3.12. The van der Waals surface area contributed by atoms with E-state index < -0.39 is 0 Å². The van der Waals surface area contributed by atoms with Gasteiger partial charge < -0.3 is 5.11 Å². The summed E-state index contributed by atoms with van der Waals surface area (Å²) in [6, 6.07) is 0. The van der Waals surface area contributed by atoms with Gasteiger partial charge in [-0.15, -0.1) is 0 Å². The van der Waals surface area contributed by atoms with Gasteiger partial charge in [0.2, 0.25) is 0 Å². The van der Waals surface area contributed by atoms with Crippen molar-refractivity contribution in [3.8, 4) is 0 Å². The molecule has 0 bridgehead atoms. The maximum Gasteiger partial charge on any atom is 0.0931 e. The molecule has 1 aliphatic carbocycles. The summed E-state index contributed by atoms with van der Waals surface area (Å²) in [7, 11) is 0. The Morgan fingerprint density at radius 1 is 1.45 bits per heavy atom. The van der Waals surface area contributed by atoms with Crippen LogP contribution in [0.1, 0.15) is 33.1 Å². The monoisotopic (exact) mass is 152 g/mol. The van der Waals surface area contributed by atoms with Gasteiger partial charge in [0.25, 0.3) is 0 Å². The first-order valence-corrected chi connectivity index (χ1v) is 4.30. The van der Waals surface area contributed by atoms with Gasteiger partial charge in [-0.2, -0.15) is 0 Å². The maximum atomic E-state index is 9.32. The molecular weight excluding hydrogens is 136 g/mol. The highest BCUT2D eigenvalue weighted by Crippen LogP contribution is 2.36. The number of allylic oxidation sites excluding steroid dienone is 4. The average Bonchev–Trinajstić information content (AvgIpc) is 2.04. The van der Waals surface area contributed by atoms with Gasteiger partial charge in [-0.05, 0) is 24.3 Å². The molecule has 11 heavy (non-hydrogen) atoms. The fourth-order valence-corrected chi connectivity index (χ4v) is 1.58. The fraction of sp³-hybridized carbons (Fsp3) is 0.600. The SMILES string of the molecule is CCC1(CC)C=CC=C(O)C1. The minimum absolute atomic E-state index is 0.235. The van der Waals surface area contributed by atoms with Gasteiger partial charge in [-0.25, -0.2) is 0 Å². The van der Waals surface area contributed by atoms with Crippen LogP contribution in [0.25, 0.3) is 0 Å². The highest BCUT2D eigenvalue weighted by atomic mass is 16.3. The van der Waals surface area contributed by atoms with E-state index in [1.54, 1.807) is 6.08 Å². The molecular formula is C10H16O. The van der Waals surface area contributed by atoms with Crippen molar-refractivity contribution >= 4 is 0 Å². The second-order valence-electron chi connectivity index (χ2n) is 3.26. The zero-order valence-corrected chi connectivity index (χ0v) is 7.30. The summed E-state index contributed by atoms with van der Waals surface area (Å²) in [5.74, 6) is 0.524. The van der Waals surface area contributed by atoms with Crippen molar-refractivity contribution in [3.63, 3.8) is 0 Å². The van der Waals surface area contributed by atoms with Crippen molar-refractivity contribution < 1.29 is 5.11 Å². The molecule has 1 aliphatic rings. The van der Waals surface area contributed by atoms with Crippen LogP contribution < -0.4 is 0 Å². The molecule has 0 aromatic carbocycles. The Labute approximate surface area is 68.4 Å². The molecule has 0 unspecified atom stereocenters. The van der Waals surface area contributed by atoms with E-state index in [1.165, 1.54) is 0 Å². The summed E-state index contributed by atoms with van der Waals surface area (Å²) in [6.07, 6.45) is 8.99. The van der Waals surface area contributed by atoms with Crippen molar-refractivity contribution in [3.05, 3.63) is 24.0 Å². The lowest BCUT2D eigenvalue weighted by atomic mass is 9.76. The number of rotatable bonds is 2. The molecule has 0 aliphatic heterocycles. The predicted molar refractivity (Wildman–Crippen MR) is 47.5 cm³/mol. The molecule has 1 nitrogen and oxygen atoms in total. The van der Waals surface area contributed by atoms with Crippen LogP contribution in [-0.4, -0.2) is 5.11 Å². The first-order valence-electron chi connectivity index (χ1n) is 4.30. The smallest absolute Gasteiger partial charge is 0.0931 e. The summed E-state index contributed by atoms with van der Waals surface area (Å²) in [4.78, 5) is 0.